The van der Waals surface area contributed by atoms with Crippen LogP contribution in [-0.4, -0.2) is 25.9 Å². The van der Waals surface area contributed by atoms with Gasteiger partial charge in [-0.15, -0.1) is 0 Å². The lowest BCUT2D eigenvalue weighted by molar-refractivity contribution is -0.121. The second-order valence-electron chi connectivity index (χ2n) is 5.69. The van der Waals surface area contributed by atoms with Gasteiger partial charge in [-0.05, 0) is 37.6 Å². The zero-order chi connectivity index (χ0) is 16.4. The lowest BCUT2D eigenvalue weighted by atomic mass is 10.2. The average Bonchev–Trinajstić information content (AvgIpc) is 3.04. The van der Waals surface area contributed by atoms with Gasteiger partial charge in [0.1, 0.15) is 5.52 Å². The number of aromatic nitrogens is 3. The van der Waals surface area contributed by atoms with Crippen molar-refractivity contribution in [3.8, 4) is 0 Å². The Bertz CT molecular complexity index is 910. The van der Waals surface area contributed by atoms with Crippen molar-refractivity contribution in [3.63, 3.8) is 0 Å². The van der Waals surface area contributed by atoms with Crippen LogP contribution in [0.4, 0.5) is 0 Å². The van der Waals surface area contributed by atoms with E-state index >= 15 is 0 Å². The minimum absolute atomic E-state index is 0.0504. The molecule has 1 N–H and O–H groups in total. The predicted octanol–water partition coefficient (Wildman–Crippen LogP) is 1.95. The summed E-state index contributed by atoms with van der Waals surface area (Å²) in [5.41, 5.74) is 1.91. The van der Waals surface area contributed by atoms with Crippen molar-refractivity contribution >= 4 is 22.6 Å². The summed E-state index contributed by atoms with van der Waals surface area (Å²) in [5.74, 6) is -0.0504. The van der Waals surface area contributed by atoms with Crippen molar-refractivity contribution < 1.29 is 4.79 Å². The zero-order valence-electron chi connectivity index (χ0n) is 13.3. The molecule has 3 aromatic rings. The molecule has 120 valence electrons. The van der Waals surface area contributed by atoms with Crippen LogP contribution in [0.5, 0.6) is 0 Å². The molecule has 0 spiro atoms. The van der Waals surface area contributed by atoms with Crippen molar-refractivity contribution in [2.45, 2.75) is 39.3 Å². The molecule has 0 unspecified atom stereocenters. The maximum Gasteiger partial charge on any atom is 0.276 e. The Hall–Kier alpha value is -2.63. The monoisotopic (exact) mass is 312 g/mol. The highest BCUT2D eigenvalue weighted by molar-refractivity contribution is 5.77. The summed E-state index contributed by atoms with van der Waals surface area (Å²) in [6, 6.07) is 7.52. The first-order chi connectivity index (χ1) is 11.1. The number of nitrogens with zero attached hydrogens (tertiary/aromatic N) is 3. The Morgan fingerprint density at radius 1 is 1.30 bits per heavy atom. The highest BCUT2D eigenvalue weighted by atomic mass is 16.2. The number of hydrogen-bond acceptors (Lipinski definition) is 3. The van der Waals surface area contributed by atoms with E-state index in [2.05, 4.69) is 10.3 Å². The fourth-order valence-corrected chi connectivity index (χ4v) is 2.65. The van der Waals surface area contributed by atoms with Gasteiger partial charge in [0.25, 0.3) is 5.56 Å². The van der Waals surface area contributed by atoms with E-state index < -0.39 is 0 Å². The molecule has 3 heterocycles. The first-order valence-corrected chi connectivity index (χ1v) is 7.85. The smallest absolute Gasteiger partial charge is 0.276 e. The first kappa shape index (κ1) is 15.3. The van der Waals surface area contributed by atoms with Gasteiger partial charge in [-0.3, -0.25) is 14.2 Å². The Kier molecular flexibility index (Phi) is 4.14. The molecule has 6 heteroatoms. The Morgan fingerprint density at radius 2 is 2.09 bits per heavy atom. The fraction of sp³-hybridized carbons (Fsp3) is 0.353. The summed E-state index contributed by atoms with van der Waals surface area (Å²) in [4.78, 5) is 29.0. The largest absolute Gasteiger partial charge is 0.354 e. The van der Waals surface area contributed by atoms with Gasteiger partial charge in [0.2, 0.25) is 5.91 Å². The number of amides is 1. The van der Waals surface area contributed by atoms with Crippen LogP contribution in [0, 0.1) is 0 Å². The summed E-state index contributed by atoms with van der Waals surface area (Å²) in [5, 5.41) is 2.92. The summed E-state index contributed by atoms with van der Waals surface area (Å²) in [7, 11) is 0. The molecule has 0 aromatic carbocycles. The number of fused-ring (bicyclic) bond motifs is 3. The van der Waals surface area contributed by atoms with Crippen LogP contribution in [0.1, 0.15) is 26.7 Å². The molecule has 3 aromatic heterocycles. The molecule has 23 heavy (non-hydrogen) atoms. The van der Waals surface area contributed by atoms with Crippen LogP contribution < -0.4 is 10.9 Å². The molecule has 0 radical (unpaired) electrons. The topological polar surface area (TPSA) is 68.4 Å². The van der Waals surface area contributed by atoms with Crippen molar-refractivity contribution in [2.24, 2.45) is 0 Å². The van der Waals surface area contributed by atoms with E-state index in [9.17, 15) is 9.59 Å². The third-order valence-electron chi connectivity index (χ3n) is 4.08. The molecule has 6 nitrogen and oxygen atoms in total. The normalized spacial score (nSPS) is 12.6. The van der Waals surface area contributed by atoms with Crippen LogP contribution in [-0.2, 0) is 11.3 Å². The van der Waals surface area contributed by atoms with Crippen molar-refractivity contribution in [2.75, 3.05) is 0 Å². The summed E-state index contributed by atoms with van der Waals surface area (Å²) in [6.45, 7) is 4.30. The Labute approximate surface area is 133 Å². The third kappa shape index (κ3) is 2.84. The molecule has 0 saturated heterocycles. The zero-order valence-corrected chi connectivity index (χ0v) is 13.3. The lowest BCUT2D eigenvalue weighted by Gasteiger charge is -2.13. The number of carbonyl (C=O) groups is 1. The van der Waals surface area contributed by atoms with Crippen LogP contribution >= 0.6 is 0 Å². The molecule has 0 aliphatic carbocycles. The molecule has 0 bridgehead atoms. The summed E-state index contributed by atoms with van der Waals surface area (Å²) >= 11 is 0. The minimum atomic E-state index is -0.127. The highest BCUT2D eigenvalue weighted by Crippen LogP contribution is 2.13. The lowest BCUT2D eigenvalue weighted by Crippen LogP contribution is -2.33. The third-order valence-corrected chi connectivity index (χ3v) is 4.08. The number of pyridine rings is 1. The predicted molar refractivity (Wildman–Crippen MR) is 89.5 cm³/mol. The number of nitrogens with one attached hydrogen (secondary N) is 1. The summed E-state index contributed by atoms with van der Waals surface area (Å²) in [6.07, 6.45) is 4.65. The van der Waals surface area contributed by atoms with Gasteiger partial charge in [0.05, 0.1) is 5.52 Å². The van der Waals surface area contributed by atoms with E-state index in [4.69, 9.17) is 0 Å². The number of carbonyl (C=O) groups excluding carboxylic acids is 1. The second-order valence-corrected chi connectivity index (χ2v) is 5.69. The van der Waals surface area contributed by atoms with E-state index in [1.165, 1.54) is 0 Å². The van der Waals surface area contributed by atoms with Crippen LogP contribution in [0.2, 0.25) is 0 Å². The fourth-order valence-electron chi connectivity index (χ4n) is 2.65. The van der Waals surface area contributed by atoms with Crippen molar-refractivity contribution in [3.05, 3.63) is 47.0 Å². The molecule has 1 atom stereocenters. The van der Waals surface area contributed by atoms with Crippen molar-refractivity contribution in [1.29, 1.82) is 0 Å². The average molecular weight is 312 g/mol. The molecular formula is C17H20N4O2. The summed E-state index contributed by atoms with van der Waals surface area (Å²) < 4.78 is 3.42. The van der Waals surface area contributed by atoms with Gasteiger partial charge in [-0.25, -0.2) is 4.98 Å². The van der Waals surface area contributed by atoms with Crippen LogP contribution in [0.3, 0.4) is 0 Å². The van der Waals surface area contributed by atoms with Gasteiger partial charge in [0.15, 0.2) is 5.65 Å². The first-order valence-electron chi connectivity index (χ1n) is 7.85. The van der Waals surface area contributed by atoms with E-state index in [-0.39, 0.29) is 23.9 Å². The minimum Gasteiger partial charge on any atom is -0.354 e. The maximum absolute atomic E-state index is 12.7. The van der Waals surface area contributed by atoms with Gasteiger partial charge >= 0.3 is 0 Å². The maximum atomic E-state index is 12.7. The number of rotatable bonds is 5. The standard InChI is InChI=1S/C17H20N4O2/c1-3-12(2)19-15(22)8-11-21-16-13(6-4-9-18-16)20-10-5-7-14(20)17(21)23/h4-7,9-10,12H,3,8,11H2,1-2H3,(H,19,22)/t12-/m0/s1. The van der Waals surface area contributed by atoms with Crippen molar-refractivity contribution in [1.82, 2.24) is 19.3 Å². The number of hydrogen-bond donors (Lipinski definition) is 1. The highest BCUT2D eigenvalue weighted by Gasteiger charge is 2.13. The molecule has 0 saturated carbocycles. The van der Waals surface area contributed by atoms with Crippen LogP contribution in [0.15, 0.2) is 41.5 Å². The quantitative estimate of drug-likeness (QED) is 0.783. The van der Waals surface area contributed by atoms with Gasteiger partial charge in [-0.2, -0.15) is 0 Å². The van der Waals surface area contributed by atoms with E-state index in [1.807, 2.05) is 42.6 Å². The van der Waals surface area contributed by atoms with Gasteiger partial charge in [-0.1, -0.05) is 6.92 Å². The SMILES string of the molecule is CC[C@H](C)NC(=O)CCn1c(=O)c2cccn2c2cccnc21. The Balaban J connectivity index is 1.97. The van der Waals surface area contributed by atoms with Crippen LogP contribution in [0.25, 0.3) is 16.7 Å². The van der Waals surface area contributed by atoms with E-state index in [0.717, 1.165) is 11.9 Å². The van der Waals surface area contributed by atoms with E-state index in [1.54, 1.807) is 16.8 Å². The molecule has 0 aliphatic heterocycles. The molecule has 0 aliphatic rings. The van der Waals surface area contributed by atoms with E-state index in [0.29, 0.717) is 17.7 Å². The molecule has 0 fully saturated rings. The second kappa shape index (κ2) is 6.24. The van der Waals surface area contributed by atoms with Gasteiger partial charge < -0.3 is 9.72 Å². The molecular weight excluding hydrogens is 292 g/mol. The van der Waals surface area contributed by atoms with Gasteiger partial charge in [0, 0.05) is 31.4 Å². The molecule has 3 rings (SSSR count). The number of aryl methyl sites for hydroxylation is 1. The molecule has 1 amide bonds. The Morgan fingerprint density at radius 3 is 2.87 bits per heavy atom.